The number of aryl methyl sites for hydroxylation is 1. The van der Waals surface area contributed by atoms with Gasteiger partial charge in [-0.3, -0.25) is 5.32 Å². The Kier molecular flexibility index (Phi) is 4.79. The Morgan fingerprint density at radius 3 is 2.96 bits per heavy atom. The van der Waals surface area contributed by atoms with Gasteiger partial charge in [-0.2, -0.15) is 0 Å². The number of fused-ring (bicyclic) bond motifs is 1. The van der Waals surface area contributed by atoms with E-state index in [2.05, 4.69) is 28.6 Å². The summed E-state index contributed by atoms with van der Waals surface area (Å²) in [5.74, 6) is 0. The molecule has 0 radical (unpaired) electrons. The van der Waals surface area contributed by atoms with Crippen molar-refractivity contribution in [2.24, 2.45) is 0 Å². The molecule has 6 nitrogen and oxygen atoms in total. The van der Waals surface area contributed by atoms with Gasteiger partial charge in [-0.05, 0) is 24.1 Å². The zero-order chi connectivity index (χ0) is 16.3. The van der Waals surface area contributed by atoms with E-state index >= 15 is 0 Å². The highest BCUT2D eigenvalue weighted by atomic mass is 32.1. The normalized spacial score (nSPS) is 17.1. The number of ether oxygens (including phenoxy) is 1. The molecule has 1 aliphatic rings. The van der Waals surface area contributed by atoms with Crippen LogP contribution < -0.4 is 10.6 Å². The molecule has 23 heavy (non-hydrogen) atoms. The maximum absolute atomic E-state index is 12.0. The maximum Gasteiger partial charge on any atom is 0.321 e. The number of hydrogen-bond donors (Lipinski definition) is 3. The average Bonchev–Trinajstić information content (AvgIpc) is 2.95. The fourth-order valence-electron chi connectivity index (χ4n) is 2.56. The number of amides is 2. The lowest BCUT2D eigenvalue weighted by atomic mass is 9.94. The molecule has 7 heteroatoms. The van der Waals surface area contributed by atoms with Gasteiger partial charge in [0.25, 0.3) is 0 Å². The predicted molar refractivity (Wildman–Crippen MR) is 91.0 cm³/mol. The predicted octanol–water partition coefficient (Wildman–Crippen LogP) is 2.52. The largest absolute Gasteiger partial charge is 0.388 e. The molecule has 3 N–H and O–H groups in total. The van der Waals surface area contributed by atoms with Gasteiger partial charge in [-0.25, -0.2) is 9.78 Å². The second kappa shape index (κ2) is 6.82. The number of thiazole rings is 1. The molecule has 1 aromatic carbocycles. The summed E-state index contributed by atoms with van der Waals surface area (Å²) in [6, 6.07) is 5.77. The van der Waals surface area contributed by atoms with E-state index in [0.29, 0.717) is 31.2 Å². The van der Waals surface area contributed by atoms with Crippen molar-refractivity contribution in [1.82, 2.24) is 10.3 Å². The standard InChI is InChI=1S/C16H21N3O3S/c1-2-11-3-4-12-13(9-11)23-15(18-12)19-14(20)17-10-16(21)5-7-22-8-6-16/h3-4,9,21H,2,5-8,10H2,1H3,(H2,17,18,19,20). The van der Waals surface area contributed by atoms with Gasteiger partial charge in [0.2, 0.25) is 0 Å². The first-order chi connectivity index (χ1) is 11.1. The number of carbonyl (C=O) groups excluding carboxylic acids is 1. The minimum Gasteiger partial charge on any atom is -0.388 e. The number of rotatable bonds is 4. The highest BCUT2D eigenvalue weighted by Gasteiger charge is 2.30. The monoisotopic (exact) mass is 335 g/mol. The molecule has 1 aliphatic heterocycles. The molecular formula is C16H21N3O3S. The lowest BCUT2D eigenvalue weighted by Gasteiger charge is -2.31. The number of aliphatic hydroxyl groups is 1. The van der Waals surface area contributed by atoms with Crippen molar-refractivity contribution >= 4 is 32.7 Å². The second-order valence-electron chi connectivity index (χ2n) is 5.82. The van der Waals surface area contributed by atoms with Crippen molar-refractivity contribution in [2.75, 3.05) is 25.1 Å². The van der Waals surface area contributed by atoms with E-state index in [9.17, 15) is 9.90 Å². The number of benzene rings is 1. The third-order valence-electron chi connectivity index (χ3n) is 4.08. The quantitative estimate of drug-likeness (QED) is 0.802. The molecule has 2 heterocycles. The van der Waals surface area contributed by atoms with Crippen molar-refractivity contribution in [2.45, 2.75) is 31.8 Å². The summed E-state index contributed by atoms with van der Waals surface area (Å²) in [6.45, 7) is 3.37. The van der Waals surface area contributed by atoms with Crippen LogP contribution in [0, 0.1) is 0 Å². The molecule has 0 spiro atoms. The summed E-state index contributed by atoms with van der Waals surface area (Å²) in [6.07, 6.45) is 2.04. The molecule has 2 aromatic rings. The smallest absolute Gasteiger partial charge is 0.321 e. The Morgan fingerprint density at radius 2 is 2.22 bits per heavy atom. The van der Waals surface area contributed by atoms with Gasteiger partial charge in [0.1, 0.15) is 0 Å². The molecule has 1 aromatic heterocycles. The number of hydrogen-bond acceptors (Lipinski definition) is 5. The van der Waals surface area contributed by atoms with Gasteiger partial charge in [0, 0.05) is 32.6 Å². The van der Waals surface area contributed by atoms with Crippen molar-refractivity contribution in [3.8, 4) is 0 Å². The Bertz CT molecular complexity index is 695. The number of urea groups is 1. The fourth-order valence-corrected chi connectivity index (χ4v) is 3.48. The van der Waals surface area contributed by atoms with Crippen LogP contribution in [0.5, 0.6) is 0 Å². The SMILES string of the molecule is CCc1ccc2nc(NC(=O)NCC3(O)CCOCC3)sc2c1. The van der Waals surface area contributed by atoms with Gasteiger partial charge in [-0.1, -0.05) is 24.3 Å². The summed E-state index contributed by atoms with van der Waals surface area (Å²) in [7, 11) is 0. The van der Waals surface area contributed by atoms with Gasteiger partial charge >= 0.3 is 6.03 Å². The molecule has 1 saturated heterocycles. The van der Waals surface area contributed by atoms with Crippen molar-refractivity contribution < 1.29 is 14.6 Å². The zero-order valence-electron chi connectivity index (χ0n) is 13.1. The Morgan fingerprint density at radius 1 is 1.43 bits per heavy atom. The fraction of sp³-hybridized carbons (Fsp3) is 0.500. The highest BCUT2D eigenvalue weighted by Crippen LogP contribution is 2.27. The van der Waals surface area contributed by atoms with Gasteiger partial charge in [-0.15, -0.1) is 0 Å². The first-order valence-corrected chi connectivity index (χ1v) is 8.64. The third kappa shape index (κ3) is 3.99. The lowest BCUT2D eigenvalue weighted by Crippen LogP contribution is -2.47. The highest BCUT2D eigenvalue weighted by molar-refractivity contribution is 7.22. The topological polar surface area (TPSA) is 83.5 Å². The zero-order valence-corrected chi connectivity index (χ0v) is 13.9. The second-order valence-corrected chi connectivity index (χ2v) is 6.85. The number of nitrogens with zero attached hydrogens (tertiary/aromatic N) is 1. The van der Waals surface area contributed by atoms with Crippen LogP contribution in [0.1, 0.15) is 25.3 Å². The minimum absolute atomic E-state index is 0.215. The first kappa shape index (κ1) is 16.2. The van der Waals surface area contributed by atoms with Crippen LogP contribution in [-0.4, -0.2) is 41.5 Å². The van der Waals surface area contributed by atoms with Crippen LogP contribution in [0.25, 0.3) is 10.2 Å². The molecule has 124 valence electrons. The average molecular weight is 335 g/mol. The molecule has 0 aliphatic carbocycles. The summed E-state index contributed by atoms with van der Waals surface area (Å²) < 4.78 is 6.28. The molecule has 1 fully saturated rings. The van der Waals surface area contributed by atoms with E-state index < -0.39 is 5.60 Å². The van der Waals surface area contributed by atoms with Crippen LogP contribution in [0.3, 0.4) is 0 Å². The summed E-state index contributed by atoms with van der Waals surface area (Å²) in [5.41, 5.74) is 1.25. The van der Waals surface area contributed by atoms with E-state index in [1.165, 1.54) is 16.9 Å². The lowest BCUT2D eigenvalue weighted by molar-refractivity contribution is -0.0598. The third-order valence-corrected chi connectivity index (χ3v) is 5.02. The van der Waals surface area contributed by atoms with Gasteiger partial charge in [0.05, 0.1) is 15.8 Å². The molecular weight excluding hydrogens is 314 g/mol. The number of aromatic nitrogens is 1. The molecule has 0 unspecified atom stereocenters. The van der Waals surface area contributed by atoms with Gasteiger partial charge in [0.15, 0.2) is 5.13 Å². The maximum atomic E-state index is 12.0. The Labute approximate surface area is 138 Å². The molecule has 0 bridgehead atoms. The summed E-state index contributed by atoms with van der Waals surface area (Å²) in [5, 5.41) is 16.3. The summed E-state index contributed by atoms with van der Waals surface area (Å²) in [4.78, 5) is 16.4. The van der Waals surface area contributed by atoms with E-state index in [0.717, 1.165) is 16.6 Å². The number of nitrogens with one attached hydrogen (secondary N) is 2. The van der Waals surface area contributed by atoms with Crippen molar-refractivity contribution in [3.63, 3.8) is 0 Å². The van der Waals surface area contributed by atoms with Crippen molar-refractivity contribution in [3.05, 3.63) is 23.8 Å². The Hall–Kier alpha value is -1.70. The van der Waals surface area contributed by atoms with Crippen LogP contribution in [0.15, 0.2) is 18.2 Å². The van der Waals surface area contributed by atoms with Gasteiger partial charge < -0.3 is 15.2 Å². The number of anilines is 1. The minimum atomic E-state index is -0.876. The molecule has 0 saturated carbocycles. The molecule has 3 rings (SSSR count). The van der Waals surface area contributed by atoms with E-state index in [1.807, 2.05) is 12.1 Å². The molecule has 0 atom stereocenters. The van der Waals surface area contributed by atoms with Crippen LogP contribution >= 0.6 is 11.3 Å². The summed E-state index contributed by atoms with van der Waals surface area (Å²) >= 11 is 1.45. The van der Waals surface area contributed by atoms with Crippen LogP contribution in [-0.2, 0) is 11.2 Å². The van der Waals surface area contributed by atoms with Crippen LogP contribution in [0.2, 0.25) is 0 Å². The van der Waals surface area contributed by atoms with Crippen LogP contribution in [0.4, 0.5) is 9.93 Å². The first-order valence-electron chi connectivity index (χ1n) is 7.82. The number of carbonyl (C=O) groups is 1. The van der Waals surface area contributed by atoms with E-state index in [1.54, 1.807) is 0 Å². The van der Waals surface area contributed by atoms with E-state index in [-0.39, 0.29) is 12.6 Å². The van der Waals surface area contributed by atoms with Crippen molar-refractivity contribution in [1.29, 1.82) is 0 Å². The molecule has 2 amide bonds. The Balaban J connectivity index is 1.59. The van der Waals surface area contributed by atoms with E-state index in [4.69, 9.17) is 4.74 Å².